The van der Waals surface area contributed by atoms with Gasteiger partial charge in [0.05, 0.1) is 0 Å². The molecule has 1 unspecified atom stereocenters. The van der Waals surface area contributed by atoms with Gasteiger partial charge in [0.1, 0.15) is 18.2 Å². The van der Waals surface area contributed by atoms with E-state index in [-0.39, 0.29) is 11.8 Å². The van der Waals surface area contributed by atoms with Crippen molar-refractivity contribution >= 4 is 23.3 Å². The molecule has 0 bridgehead atoms. The van der Waals surface area contributed by atoms with E-state index in [1.807, 2.05) is 30.3 Å². The summed E-state index contributed by atoms with van der Waals surface area (Å²) >= 11 is 0. The zero-order chi connectivity index (χ0) is 20.8. The van der Waals surface area contributed by atoms with E-state index in [9.17, 15) is 19.5 Å². The number of likely N-dealkylation sites (N-methyl/N-ethyl adjacent to an activating group) is 1. The number of benzene rings is 1. The van der Waals surface area contributed by atoms with Gasteiger partial charge in [-0.05, 0) is 24.0 Å². The first-order valence-corrected chi connectivity index (χ1v) is 9.21. The van der Waals surface area contributed by atoms with Gasteiger partial charge >= 0.3 is 0 Å². The molecule has 2 rings (SSSR count). The van der Waals surface area contributed by atoms with Crippen molar-refractivity contribution < 1.29 is 19.5 Å². The highest BCUT2D eigenvalue weighted by Crippen LogP contribution is 2.19. The third-order valence-corrected chi connectivity index (χ3v) is 4.47. The maximum absolute atomic E-state index is 12.6. The van der Waals surface area contributed by atoms with Gasteiger partial charge < -0.3 is 20.6 Å². The van der Waals surface area contributed by atoms with Crippen molar-refractivity contribution in [3.05, 3.63) is 54.2 Å². The Kier molecular flexibility index (Phi) is 7.12. The number of hydrogen-bond acceptors (Lipinski definition) is 4. The Balaban J connectivity index is 2.06. The molecule has 0 fully saturated rings. The second kappa shape index (κ2) is 9.32. The molecule has 0 saturated heterocycles. The van der Waals surface area contributed by atoms with Crippen molar-refractivity contribution in [2.75, 3.05) is 7.05 Å². The Hall–Kier alpha value is -2.93. The maximum Gasteiger partial charge on any atom is 0.252 e. The van der Waals surface area contributed by atoms with Gasteiger partial charge in [0.25, 0.3) is 5.91 Å². The lowest BCUT2D eigenvalue weighted by atomic mass is 10.1. The summed E-state index contributed by atoms with van der Waals surface area (Å²) in [6.45, 7) is 4.91. The standard InChI is InChI=1S/C21H27N3O4/c1-13(2)18(25)20(27)22-14(3)19(26)23-17-11-10-16(12-24(4)21(17)28)15-8-6-5-7-9-15/h5-14,17-18,25H,1-4H3,(H,22,27)(H,23,26)/t14-,17?,18-/m0/s1. The molecule has 7 heteroatoms. The predicted octanol–water partition coefficient (Wildman–Crippen LogP) is 1.06. The third-order valence-electron chi connectivity index (χ3n) is 4.47. The maximum atomic E-state index is 12.6. The summed E-state index contributed by atoms with van der Waals surface area (Å²) < 4.78 is 0. The molecule has 7 nitrogen and oxygen atoms in total. The fraction of sp³-hybridized carbons (Fsp3) is 0.381. The normalized spacial score (nSPS) is 18.9. The molecule has 0 radical (unpaired) electrons. The van der Waals surface area contributed by atoms with E-state index in [1.54, 1.807) is 39.2 Å². The summed E-state index contributed by atoms with van der Waals surface area (Å²) in [5.41, 5.74) is 1.79. The minimum absolute atomic E-state index is 0.266. The monoisotopic (exact) mass is 385 g/mol. The van der Waals surface area contributed by atoms with Crippen LogP contribution in [-0.2, 0) is 14.4 Å². The van der Waals surface area contributed by atoms with Crippen LogP contribution in [0.4, 0.5) is 0 Å². The van der Waals surface area contributed by atoms with Crippen LogP contribution in [0.15, 0.2) is 48.7 Å². The molecule has 1 aliphatic heterocycles. The molecule has 0 aromatic heterocycles. The molecular formula is C21H27N3O4. The average Bonchev–Trinajstić information content (AvgIpc) is 2.81. The van der Waals surface area contributed by atoms with Crippen molar-refractivity contribution in [2.24, 2.45) is 5.92 Å². The Labute approximate surface area is 165 Å². The molecule has 1 heterocycles. The van der Waals surface area contributed by atoms with E-state index in [0.29, 0.717) is 0 Å². The summed E-state index contributed by atoms with van der Waals surface area (Å²) in [5.74, 6) is -1.69. The third kappa shape index (κ3) is 5.29. The Morgan fingerprint density at radius 1 is 1.11 bits per heavy atom. The molecule has 3 amide bonds. The number of aliphatic hydroxyl groups is 1. The first-order valence-electron chi connectivity index (χ1n) is 9.21. The molecule has 28 heavy (non-hydrogen) atoms. The number of carbonyl (C=O) groups is 3. The summed E-state index contributed by atoms with van der Waals surface area (Å²) in [4.78, 5) is 38.4. The lowest BCUT2D eigenvalue weighted by Gasteiger charge is -2.22. The summed E-state index contributed by atoms with van der Waals surface area (Å²) in [7, 11) is 1.63. The Morgan fingerprint density at radius 2 is 1.75 bits per heavy atom. The van der Waals surface area contributed by atoms with Crippen molar-refractivity contribution in [1.82, 2.24) is 15.5 Å². The van der Waals surface area contributed by atoms with E-state index in [2.05, 4.69) is 10.6 Å². The first kappa shape index (κ1) is 21.4. The molecule has 3 atom stereocenters. The fourth-order valence-electron chi connectivity index (χ4n) is 2.67. The highest BCUT2D eigenvalue weighted by atomic mass is 16.3. The number of rotatable bonds is 6. The highest BCUT2D eigenvalue weighted by molar-refractivity contribution is 5.95. The molecule has 0 spiro atoms. The SMILES string of the molecule is CC(C)[C@H](O)C(=O)N[C@@H](C)C(=O)NC1C=CC(c2ccccc2)=CN(C)C1=O. The number of carbonyl (C=O) groups excluding carboxylic acids is 3. The van der Waals surface area contributed by atoms with Gasteiger partial charge in [-0.3, -0.25) is 14.4 Å². The number of nitrogens with zero attached hydrogens (tertiary/aromatic N) is 1. The van der Waals surface area contributed by atoms with Crippen LogP contribution in [0.3, 0.4) is 0 Å². The highest BCUT2D eigenvalue weighted by Gasteiger charge is 2.27. The van der Waals surface area contributed by atoms with Crippen molar-refractivity contribution in [3.63, 3.8) is 0 Å². The Bertz CT molecular complexity index is 786. The van der Waals surface area contributed by atoms with Gasteiger partial charge in [-0.1, -0.05) is 56.3 Å². The molecule has 1 aliphatic rings. The van der Waals surface area contributed by atoms with Gasteiger partial charge in [0.2, 0.25) is 11.8 Å². The largest absolute Gasteiger partial charge is 0.383 e. The van der Waals surface area contributed by atoms with E-state index in [1.165, 1.54) is 11.8 Å². The minimum Gasteiger partial charge on any atom is -0.383 e. The molecular weight excluding hydrogens is 358 g/mol. The van der Waals surface area contributed by atoms with Crippen LogP contribution in [-0.4, -0.2) is 53.0 Å². The van der Waals surface area contributed by atoms with Crippen LogP contribution in [0.25, 0.3) is 5.57 Å². The van der Waals surface area contributed by atoms with Gasteiger partial charge in [0.15, 0.2) is 0 Å². The summed E-state index contributed by atoms with van der Waals surface area (Å²) in [5, 5.41) is 14.9. The lowest BCUT2D eigenvalue weighted by molar-refractivity contribution is -0.136. The molecule has 0 aliphatic carbocycles. The van der Waals surface area contributed by atoms with Crippen LogP contribution >= 0.6 is 0 Å². The van der Waals surface area contributed by atoms with Crippen LogP contribution in [0.5, 0.6) is 0 Å². The van der Waals surface area contributed by atoms with Gasteiger partial charge in [-0.2, -0.15) is 0 Å². The van der Waals surface area contributed by atoms with Crippen LogP contribution < -0.4 is 10.6 Å². The number of nitrogens with one attached hydrogen (secondary N) is 2. The predicted molar refractivity (Wildman–Crippen MR) is 107 cm³/mol. The summed E-state index contributed by atoms with van der Waals surface area (Å²) in [6, 6.07) is 7.85. The van der Waals surface area contributed by atoms with E-state index < -0.39 is 30.0 Å². The second-order valence-corrected chi connectivity index (χ2v) is 7.16. The smallest absolute Gasteiger partial charge is 0.252 e. The van der Waals surface area contributed by atoms with Gasteiger partial charge in [0, 0.05) is 13.2 Å². The van der Waals surface area contributed by atoms with Crippen molar-refractivity contribution in [2.45, 2.75) is 39.0 Å². The van der Waals surface area contributed by atoms with E-state index in [0.717, 1.165) is 11.1 Å². The number of hydrogen-bond donors (Lipinski definition) is 3. The zero-order valence-electron chi connectivity index (χ0n) is 16.5. The van der Waals surface area contributed by atoms with E-state index in [4.69, 9.17) is 0 Å². The Morgan fingerprint density at radius 3 is 2.36 bits per heavy atom. The molecule has 150 valence electrons. The lowest BCUT2D eigenvalue weighted by Crippen LogP contribution is -2.53. The van der Waals surface area contributed by atoms with Crippen LogP contribution in [0, 0.1) is 5.92 Å². The number of aliphatic hydroxyl groups excluding tert-OH is 1. The molecule has 3 N–H and O–H groups in total. The first-order chi connectivity index (χ1) is 13.2. The number of amides is 3. The van der Waals surface area contributed by atoms with E-state index >= 15 is 0 Å². The molecule has 1 aromatic rings. The van der Waals surface area contributed by atoms with Crippen molar-refractivity contribution in [3.8, 4) is 0 Å². The summed E-state index contributed by atoms with van der Waals surface area (Å²) in [6.07, 6.45) is 3.93. The van der Waals surface area contributed by atoms with Crippen molar-refractivity contribution in [1.29, 1.82) is 0 Å². The van der Waals surface area contributed by atoms with Crippen LogP contribution in [0.2, 0.25) is 0 Å². The zero-order valence-corrected chi connectivity index (χ0v) is 16.5. The van der Waals surface area contributed by atoms with Crippen LogP contribution in [0.1, 0.15) is 26.3 Å². The molecule has 1 aromatic carbocycles. The average molecular weight is 385 g/mol. The molecule has 0 saturated carbocycles. The topological polar surface area (TPSA) is 98.7 Å². The quantitative estimate of drug-likeness (QED) is 0.682. The number of allylic oxidation sites excluding steroid dienone is 2. The van der Waals surface area contributed by atoms with Gasteiger partial charge in [-0.25, -0.2) is 0 Å². The fourth-order valence-corrected chi connectivity index (χ4v) is 2.67. The second-order valence-electron chi connectivity index (χ2n) is 7.16. The van der Waals surface area contributed by atoms with Gasteiger partial charge in [-0.15, -0.1) is 0 Å². The minimum atomic E-state index is -1.20.